The smallest absolute Gasteiger partial charge is 0.265 e. The van der Waals surface area contributed by atoms with Crippen LogP contribution in [0.2, 0.25) is 0 Å². The minimum atomic E-state index is -0.337. The van der Waals surface area contributed by atoms with Crippen molar-refractivity contribution in [2.45, 2.75) is 24.1 Å². The number of nitrogens with one attached hydrogen (secondary N) is 2. The second kappa shape index (κ2) is 4.84. The maximum atomic E-state index is 12.9. The zero-order valence-electron chi connectivity index (χ0n) is 10.6. The Kier molecular flexibility index (Phi) is 3.14. The summed E-state index contributed by atoms with van der Waals surface area (Å²) in [6.45, 7) is 0. The fraction of sp³-hybridized carbons (Fsp3) is 0.286. The van der Waals surface area contributed by atoms with Crippen molar-refractivity contribution < 1.29 is 9.18 Å². The standard InChI is InChI=1S/C14H12FN3OS/c15-9-2-4-10(5-3-9)17-13-11(8-16)12(19)18-14(20-13)6-1-7-14/h2-5,17H,1,6-7H2,(H,18,19). The second-order valence-corrected chi connectivity index (χ2v) is 6.25. The van der Waals surface area contributed by atoms with E-state index in [2.05, 4.69) is 10.6 Å². The van der Waals surface area contributed by atoms with E-state index < -0.39 is 0 Å². The fourth-order valence-corrected chi connectivity index (χ4v) is 3.66. The van der Waals surface area contributed by atoms with E-state index >= 15 is 0 Å². The van der Waals surface area contributed by atoms with Crippen LogP contribution in [0.25, 0.3) is 0 Å². The summed E-state index contributed by atoms with van der Waals surface area (Å²) in [5.74, 6) is -0.662. The largest absolute Gasteiger partial charge is 0.349 e. The van der Waals surface area contributed by atoms with Crippen LogP contribution in [-0.4, -0.2) is 10.8 Å². The molecule has 2 N–H and O–H groups in total. The SMILES string of the molecule is N#CC1=C(Nc2ccc(F)cc2)SC2(CCC2)NC1=O. The zero-order chi connectivity index (χ0) is 14.2. The van der Waals surface area contributed by atoms with E-state index in [1.54, 1.807) is 12.1 Å². The van der Waals surface area contributed by atoms with Crippen LogP contribution in [0.15, 0.2) is 34.9 Å². The molecule has 1 spiro atoms. The van der Waals surface area contributed by atoms with E-state index in [0.717, 1.165) is 19.3 Å². The molecule has 0 saturated heterocycles. The lowest BCUT2D eigenvalue weighted by molar-refractivity contribution is -0.118. The number of hydrogen-bond donors (Lipinski definition) is 2. The molecule has 1 heterocycles. The number of thioether (sulfide) groups is 1. The average molecular weight is 289 g/mol. The van der Waals surface area contributed by atoms with Gasteiger partial charge in [0.1, 0.15) is 17.5 Å². The average Bonchev–Trinajstić information content (AvgIpc) is 2.39. The van der Waals surface area contributed by atoms with Gasteiger partial charge in [0.25, 0.3) is 5.91 Å². The number of benzene rings is 1. The molecular weight excluding hydrogens is 277 g/mol. The predicted octanol–water partition coefficient (Wildman–Crippen LogP) is 2.72. The quantitative estimate of drug-likeness (QED) is 0.878. The Morgan fingerprint density at radius 1 is 1.35 bits per heavy atom. The molecule has 1 aromatic carbocycles. The summed E-state index contributed by atoms with van der Waals surface area (Å²) >= 11 is 1.48. The van der Waals surface area contributed by atoms with Crippen LogP contribution in [-0.2, 0) is 4.79 Å². The molecule has 1 saturated carbocycles. The van der Waals surface area contributed by atoms with E-state index in [1.165, 1.54) is 23.9 Å². The van der Waals surface area contributed by atoms with Gasteiger partial charge in [-0.1, -0.05) is 11.8 Å². The van der Waals surface area contributed by atoms with Crippen LogP contribution >= 0.6 is 11.8 Å². The van der Waals surface area contributed by atoms with Crippen molar-refractivity contribution in [3.05, 3.63) is 40.7 Å². The van der Waals surface area contributed by atoms with Crippen LogP contribution in [0.1, 0.15) is 19.3 Å². The van der Waals surface area contributed by atoms with Crippen LogP contribution in [0.4, 0.5) is 10.1 Å². The topological polar surface area (TPSA) is 64.9 Å². The van der Waals surface area contributed by atoms with Gasteiger partial charge in [-0.15, -0.1) is 0 Å². The Bertz CT molecular complexity index is 629. The normalized spacial score (nSPS) is 20.1. The highest BCUT2D eigenvalue weighted by molar-refractivity contribution is 8.04. The minimum absolute atomic E-state index is 0.0804. The molecule has 102 valence electrons. The Balaban J connectivity index is 1.89. The van der Waals surface area contributed by atoms with Crippen molar-refractivity contribution >= 4 is 23.4 Å². The number of nitriles is 1. The molecule has 1 aromatic rings. The highest BCUT2D eigenvalue weighted by atomic mass is 32.2. The molecule has 0 aromatic heterocycles. The van der Waals surface area contributed by atoms with Gasteiger partial charge in [-0.05, 0) is 43.5 Å². The Morgan fingerprint density at radius 2 is 2.05 bits per heavy atom. The summed E-state index contributed by atoms with van der Waals surface area (Å²) in [4.78, 5) is 11.7. The van der Waals surface area contributed by atoms with Crippen LogP contribution in [0.5, 0.6) is 0 Å². The molecule has 1 aliphatic heterocycles. The molecule has 0 bridgehead atoms. The van der Waals surface area contributed by atoms with Gasteiger partial charge in [0.2, 0.25) is 0 Å². The molecule has 1 amide bonds. The first-order chi connectivity index (χ1) is 9.62. The first-order valence-corrected chi connectivity index (χ1v) is 7.12. The highest BCUT2D eigenvalue weighted by Gasteiger charge is 2.44. The van der Waals surface area contributed by atoms with E-state index in [1.807, 2.05) is 6.07 Å². The molecule has 1 fully saturated rings. The monoisotopic (exact) mass is 289 g/mol. The summed E-state index contributed by atoms with van der Waals surface area (Å²) < 4.78 is 12.9. The van der Waals surface area contributed by atoms with E-state index in [9.17, 15) is 9.18 Å². The van der Waals surface area contributed by atoms with Crippen molar-refractivity contribution in [2.24, 2.45) is 0 Å². The number of carbonyl (C=O) groups excluding carboxylic acids is 1. The molecular formula is C14H12FN3OS. The van der Waals surface area contributed by atoms with Crippen LogP contribution < -0.4 is 10.6 Å². The highest BCUT2D eigenvalue weighted by Crippen LogP contribution is 2.48. The molecule has 4 nitrogen and oxygen atoms in total. The summed E-state index contributed by atoms with van der Waals surface area (Å²) in [7, 11) is 0. The van der Waals surface area contributed by atoms with Crippen LogP contribution in [0.3, 0.4) is 0 Å². The summed E-state index contributed by atoms with van der Waals surface area (Å²) in [5.41, 5.74) is 0.739. The molecule has 0 atom stereocenters. The second-order valence-electron chi connectivity index (χ2n) is 4.85. The maximum Gasteiger partial charge on any atom is 0.265 e. The summed E-state index contributed by atoms with van der Waals surface area (Å²) in [5, 5.41) is 15.6. The molecule has 1 aliphatic carbocycles. The number of amides is 1. The fourth-order valence-electron chi connectivity index (χ4n) is 2.22. The van der Waals surface area contributed by atoms with E-state index in [-0.39, 0.29) is 22.2 Å². The Labute approximate surface area is 120 Å². The van der Waals surface area contributed by atoms with Gasteiger partial charge in [-0.3, -0.25) is 4.79 Å². The van der Waals surface area contributed by atoms with Crippen LogP contribution in [0, 0.1) is 17.1 Å². The van der Waals surface area contributed by atoms with Crippen molar-refractivity contribution in [1.29, 1.82) is 5.26 Å². The van der Waals surface area contributed by atoms with Crippen molar-refractivity contribution in [2.75, 3.05) is 5.32 Å². The first kappa shape index (κ1) is 13.0. The van der Waals surface area contributed by atoms with Gasteiger partial charge in [0, 0.05) is 5.69 Å². The number of hydrogen-bond acceptors (Lipinski definition) is 4. The molecule has 0 radical (unpaired) electrons. The summed E-state index contributed by atoms with van der Waals surface area (Å²) in [6.07, 6.45) is 2.87. The lowest BCUT2D eigenvalue weighted by atomic mass is 9.91. The van der Waals surface area contributed by atoms with Gasteiger partial charge >= 0.3 is 0 Å². The van der Waals surface area contributed by atoms with Gasteiger partial charge in [-0.25, -0.2) is 4.39 Å². The van der Waals surface area contributed by atoms with Gasteiger partial charge in [0.05, 0.1) is 9.90 Å². The zero-order valence-corrected chi connectivity index (χ0v) is 11.4. The molecule has 6 heteroatoms. The van der Waals surface area contributed by atoms with Gasteiger partial charge in [0.15, 0.2) is 0 Å². The number of nitrogens with zero attached hydrogens (tertiary/aromatic N) is 1. The number of anilines is 1. The number of carbonyl (C=O) groups is 1. The summed E-state index contributed by atoms with van der Waals surface area (Å²) in [6, 6.07) is 7.76. The molecule has 3 rings (SSSR count). The van der Waals surface area contributed by atoms with Gasteiger partial charge < -0.3 is 10.6 Å². The Morgan fingerprint density at radius 3 is 2.60 bits per heavy atom. The minimum Gasteiger partial charge on any atom is -0.349 e. The third kappa shape index (κ3) is 2.25. The third-order valence-corrected chi connectivity index (χ3v) is 4.88. The van der Waals surface area contributed by atoms with Crippen molar-refractivity contribution in [3.63, 3.8) is 0 Å². The van der Waals surface area contributed by atoms with Gasteiger partial charge in [-0.2, -0.15) is 5.26 Å². The van der Waals surface area contributed by atoms with E-state index in [0.29, 0.717) is 10.7 Å². The van der Waals surface area contributed by atoms with Crippen molar-refractivity contribution in [1.82, 2.24) is 5.32 Å². The van der Waals surface area contributed by atoms with E-state index in [4.69, 9.17) is 5.26 Å². The molecule has 20 heavy (non-hydrogen) atoms. The molecule has 0 unspecified atom stereocenters. The molecule has 2 aliphatic rings. The first-order valence-electron chi connectivity index (χ1n) is 6.30. The third-order valence-electron chi connectivity index (χ3n) is 3.47. The lowest BCUT2D eigenvalue weighted by Gasteiger charge is -2.44. The number of halogens is 1. The predicted molar refractivity (Wildman–Crippen MR) is 75.0 cm³/mol. The Hall–Kier alpha value is -2.00. The van der Waals surface area contributed by atoms with Crippen molar-refractivity contribution in [3.8, 4) is 6.07 Å². The maximum absolute atomic E-state index is 12.9. The number of rotatable bonds is 2. The lowest BCUT2D eigenvalue weighted by Crippen LogP contribution is -2.54.